The number of halogens is 5. The summed E-state index contributed by atoms with van der Waals surface area (Å²) in [6.45, 7) is 2.09. The molecule has 3 aromatic carbocycles. The van der Waals surface area contributed by atoms with Crippen LogP contribution in [0.5, 0.6) is 5.75 Å². The number of rotatable bonds is 4. The number of hydrogen-bond donors (Lipinski definition) is 0. The molecule has 31 heavy (non-hydrogen) atoms. The third-order valence-electron chi connectivity index (χ3n) is 5.46. The molecule has 1 nitrogen and oxygen atoms in total. The van der Waals surface area contributed by atoms with Crippen molar-refractivity contribution in [3.63, 3.8) is 0 Å². The zero-order valence-electron chi connectivity index (χ0n) is 16.7. The van der Waals surface area contributed by atoms with Gasteiger partial charge < -0.3 is 4.74 Å². The average molecular weight is 430 g/mol. The maximum atomic E-state index is 15.2. The summed E-state index contributed by atoms with van der Waals surface area (Å²) in [5, 5.41) is 0. The van der Waals surface area contributed by atoms with Crippen molar-refractivity contribution in [1.82, 2.24) is 0 Å². The van der Waals surface area contributed by atoms with Crippen molar-refractivity contribution in [3.05, 3.63) is 88.5 Å². The molecule has 0 heterocycles. The van der Waals surface area contributed by atoms with E-state index in [0.29, 0.717) is 18.4 Å². The van der Waals surface area contributed by atoms with Crippen LogP contribution >= 0.6 is 0 Å². The molecule has 0 radical (unpaired) electrons. The second kappa shape index (κ2) is 8.17. The molecule has 160 valence electrons. The molecule has 0 saturated heterocycles. The second-order valence-corrected chi connectivity index (χ2v) is 7.41. The van der Waals surface area contributed by atoms with E-state index in [1.165, 1.54) is 17.7 Å². The van der Waals surface area contributed by atoms with Crippen molar-refractivity contribution < 1.29 is 26.7 Å². The molecule has 1 aliphatic rings. The Morgan fingerprint density at radius 1 is 0.871 bits per heavy atom. The normalized spacial score (nSPS) is 13.5. The van der Waals surface area contributed by atoms with Crippen LogP contribution in [0, 0.1) is 11.6 Å². The van der Waals surface area contributed by atoms with E-state index < -0.39 is 23.7 Å². The maximum Gasteiger partial charge on any atom is 0.573 e. The topological polar surface area (TPSA) is 9.23 Å². The van der Waals surface area contributed by atoms with Gasteiger partial charge in [-0.1, -0.05) is 55.5 Å². The maximum absolute atomic E-state index is 15.2. The van der Waals surface area contributed by atoms with Gasteiger partial charge >= 0.3 is 6.36 Å². The van der Waals surface area contributed by atoms with Crippen molar-refractivity contribution in [2.24, 2.45) is 0 Å². The Morgan fingerprint density at radius 2 is 1.58 bits per heavy atom. The van der Waals surface area contributed by atoms with Gasteiger partial charge in [-0.15, -0.1) is 13.2 Å². The molecule has 0 saturated carbocycles. The lowest BCUT2D eigenvalue weighted by Crippen LogP contribution is -2.17. The van der Waals surface area contributed by atoms with Crippen molar-refractivity contribution in [2.45, 2.75) is 32.5 Å². The molecule has 0 aromatic heterocycles. The fourth-order valence-corrected chi connectivity index (χ4v) is 3.83. The number of ether oxygens (including phenoxy) is 1. The molecule has 0 aliphatic heterocycles. The third kappa shape index (κ3) is 4.48. The Hall–Kier alpha value is -3.15. The van der Waals surface area contributed by atoms with Crippen LogP contribution in [0.1, 0.15) is 35.6 Å². The zero-order chi connectivity index (χ0) is 22.2. The fourth-order valence-electron chi connectivity index (χ4n) is 3.83. The molecule has 0 bridgehead atoms. The third-order valence-corrected chi connectivity index (χ3v) is 5.46. The van der Waals surface area contributed by atoms with Crippen molar-refractivity contribution in [1.29, 1.82) is 0 Å². The summed E-state index contributed by atoms with van der Waals surface area (Å²) in [6.07, 6.45) is -0.951. The number of alkyl halides is 3. The first-order valence-electron chi connectivity index (χ1n) is 9.92. The van der Waals surface area contributed by atoms with Crippen molar-refractivity contribution in [2.75, 3.05) is 0 Å². The monoisotopic (exact) mass is 430 g/mol. The minimum atomic E-state index is -5.00. The number of benzene rings is 3. The summed E-state index contributed by atoms with van der Waals surface area (Å²) in [5.74, 6) is -2.64. The van der Waals surface area contributed by atoms with Crippen LogP contribution in [0.2, 0.25) is 0 Å². The van der Waals surface area contributed by atoms with Gasteiger partial charge in [-0.3, -0.25) is 0 Å². The molecular formula is C25H19F5O. The van der Waals surface area contributed by atoms with Crippen LogP contribution in [-0.4, -0.2) is 6.36 Å². The quantitative estimate of drug-likeness (QED) is 0.388. The predicted octanol–water partition coefficient (Wildman–Crippen LogP) is 7.58. The van der Waals surface area contributed by atoms with Crippen molar-refractivity contribution >= 4 is 11.6 Å². The summed E-state index contributed by atoms with van der Waals surface area (Å²) in [5.41, 5.74) is 5.01. The highest BCUT2D eigenvalue weighted by Crippen LogP contribution is 2.37. The van der Waals surface area contributed by atoms with Crippen LogP contribution in [0.15, 0.2) is 54.6 Å². The lowest BCUT2D eigenvalue weighted by molar-refractivity contribution is -0.275. The van der Waals surface area contributed by atoms with Gasteiger partial charge in [-0.25, -0.2) is 8.78 Å². The largest absolute Gasteiger partial charge is 0.573 e. The Morgan fingerprint density at radius 3 is 2.23 bits per heavy atom. The highest BCUT2D eigenvalue weighted by Gasteiger charge is 2.32. The first-order valence-corrected chi connectivity index (χ1v) is 9.92. The highest BCUT2D eigenvalue weighted by atomic mass is 19.4. The van der Waals surface area contributed by atoms with Crippen LogP contribution < -0.4 is 4.74 Å². The Bertz CT molecular complexity index is 1140. The first kappa shape index (κ1) is 21.1. The molecule has 3 aromatic rings. The van der Waals surface area contributed by atoms with E-state index in [1.807, 2.05) is 6.08 Å². The lowest BCUT2D eigenvalue weighted by Gasteiger charge is -2.19. The molecule has 6 heteroatoms. The van der Waals surface area contributed by atoms with Gasteiger partial charge in [0.15, 0.2) is 11.6 Å². The van der Waals surface area contributed by atoms with E-state index in [4.69, 9.17) is 0 Å². The van der Waals surface area contributed by atoms with Gasteiger partial charge in [0.05, 0.1) is 0 Å². The summed E-state index contributed by atoms with van der Waals surface area (Å²) in [4.78, 5) is 0. The van der Waals surface area contributed by atoms with Gasteiger partial charge in [0, 0.05) is 5.56 Å². The number of hydrogen-bond acceptors (Lipinski definition) is 1. The van der Waals surface area contributed by atoms with E-state index >= 15 is 4.39 Å². The van der Waals surface area contributed by atoms with E-state index in [0.717, 1.165) is 35.3 Å². The lowest BCUT2D eigenvalue weighted by atomic mass is 9.86. The standard InChI is InChI=1S/C25H19F5O/c1-2-15-3-5-16(6-4-15)17-7-10-20-18(13-17)8-11-21(24(20)27)19-9-12-23(22(26)14-19)31-25(28,29)30/h3-6,8-9,11-14H,2,7,10H2,1H3. The summed E-state index contributed by atoms with van der Waals surface area (Å²) in [6, 6.07) is 14.5. The highest BCUT2D eigenvalue weighted by molar-refractivity contribution is 5.85. The minimum Gasteiger partial charge on any atom is -0.403 e. The molecule has 0 atom stereocenters. The second-order valence-electron chi connectivity index (χ2n) is 7.41. The molecule has 0 amide bonds. The van der Waals surface area contributed by atoms with Crippen LogP contribution in [0.4, 0.5) is 22.0 Å². The molecule has 0 spiro atoms. The van der Waals surface area contributed by atoms with Crippen molar-refractivity contribution in [3.8, 4) is 16.9 Å². The summed E-state index contributed by atoms with van der Waals surface area (Å²) < 4.78 is 69.9. The molecular weight excluding hydrogens is 411 g/mol. The molecule has 0 fully saturated rings. The number of allylic oxidation sites excluding steroid dienone is 1. The molecule has 0 unspecified atom stereocenters. The Labute approximate surface area is 176 Å². The van der Waals surface area contributed by atoms with Crippen LogP contribution in [0.25, 0.3) is 22.8 Å². The van der Waals surface area contributed by atoms with E-state index in [1.54, 1.807) is 6.07 Å². The molecule has 4 rings (SSSR count). The van der Waals surface area contributed by atoms with Gasteiger partial charge in [0.25, 0.3) is 0 Å². The molecule has 0 N–H and O–H groups in total. The fraction of sp³-hybridized carbons (Fsp3) is 0.200. The van der Waals surface area contributed by atoms with Gasteiger partial charge in [0.2, 0.25) is 0 Å². The number of aryl methyl sites for hydroxylation is 1. The van der Waals surface area contributed by atoms with E-state index in [-0.39, 0.29) is 11.1 Å². The number of fused-ring (bicyclic) bond motifs is 1. The van der Waals surface area contributed by atoms with E-state index in [9.17, 15) is 17.6 Å². The Kier molecular flexibility index (Phi) is 5.56. The van der Waals surface area contributed by atoms with Crippen LogP contribution in [-0.2, 0) is 12.8 Å². The SMILES string of the molecule is CCc1ccc(C2=Cc3ccc(-c4ccc(OC(F)(F)F)c(F)c4)c(F)c3CC2)cc1. The van der Waals surface area contributed by atoms with Gasteiger partial charge in [0.1, 0.15) is 5.82 Å². The van der Waals surface area contributed by atoms with E-state index in [2.05, 4.69) is 35.9 Å². The zero-order valence-corrected chi connectivity index (χ0v) is 16.7. The minimum absolute atomic E-state index is 0.139. The summed E-state index contributed by atoms with van der Waals surface area (Å²) >= 11 is 0. The Balaban J connectivity index is 1.65. The average Bonchev–Trinajstić information content (AvgIpc) is 2.74. The van der Waals surface area contributed by atoms with Gasteiger partial charge in [-0.05, 0) is 64.8 Å². The van der Waals surface area contributed by atoms with Crippen LogP contribution in [0.3, 0.4) is 0 Å². The molecule has 1 aliphatic carbocycles. The first-order chi connectivity index (χ1) is 14.7. The summed E-state index contributed by atoms with van der Waals surface area (Å²) in [7, 11) is 0. The smallest absolute Gasteiger partial charge is 0.403 e. The predicted molar refractivity (Wildman–Crippen MR) is 110 cm³/mol. The van der Waals surface area contributed by atoms with Gasteiger partial charge in [-0.2, -0.15) is 0 Å².